The van der Waals surface area contributed by atoms with Gasteiger partial charge in [-0.25, -0.2) is 0 Å². The lowest BCUT2D eigenvalue weighted by Gasteiger charge is -2.13. The van der Waals surface area contributed by atoms with Gasteiger partial charge < -0.3 is 4.90 Å². The zero-order valence-electron chi connectivity index (χ0n) is 6.84. The summed E-state index contributed by atoms with van der Waals surface area (Å²) in [4.78, 5) is 2.07. The summed E-state index contributed by atoms with van der Waals surface area (Å²) in [5.41, 5.74) is 1.21. The third kappa shape index (κ3) is 3.01. The molecule has 0 amide bonds. The highest BCUT2D eigenvalue weighted by Crippen LogP contribution is 2.22. The van der Waals surface area contributed by atoms with Crippen LogP contribution in [0.2, 0.25) is 0 Å². The predicted octanol–water partition coefficient (Wildman–Crippen LogP) is 2.13. The van der Waals surface area contributed by atoms with Crippen molar-refractivity contribution in [3.63, 3.8) is 0 Å². The molecule has 1 rings (SSSR count). The largest absolute Gasteiger partial charge is 0.377 e. The second-order valence-corrected chi connectivity index (χ2v) is 3.20. The predicted molar refractivity (Wildman–Crippen MR) is 54.2 cm³/mol. The van der Waals surface area contributed by atoms with Crippen molar-refractivity contribution >= 4 is 44.7 Å². The van der Waals surface area contributed by atoms with Gasteiger partial charge in [0.1, 0.15) is 0 Å². The van der Waals surface area contributed by atoms with Crippen LogP contribution in [-0.2, 0) is 0 Å². The first-order valence-corrected chi connectivity index (χ1v) is 3.93. The van der Waals surface area contributed by atoms with Crippen LogP contribution in [0.25, 0.3) is 0 Å². The molecule has 0 unspecified atom stereocenters. The van der Waals surface area contributed by atoms with Crippen LogP contribution in [0.5, 0.6) is 0 Å². The van der Waals surface area contributed by atoms with E-state index in [1.165, 1.54) is 5.69 Å². The third-order valence-electron chi connectivity index (χ3n) is 1.33. The Kier molecular flexibility index (Phi) is 5.13. The number of para-hydroxylation sites is 1. The van der Waals surface area contributed by atoms with Gasteiger partial charge in [0.2, 0.25) is 0 Å². The molecule has 2 radical (unpaired) electrons. The Hall–Kier alpha value is 0.266. The minimum atomic E-state index is 0. The summed E-state index contributed by atoms with van der Waals surface area (Å²) in [6.07, 6.45) is 0. The van der Waals surface area contributed by atoms with Crippen molar-refractivity contribution in [1.82, 2.24) is 0 Å². The van der Waals surface area contributed by atoms with E-state index in [1.807, 2.05) is 32.3 Å². The van der Waals surface area contributed by atoms with Crippen molar-refractivity contribution in [3.05, 3.63) is 28.7 Å². The number of rotatable bonds is 1. The zero-order valence-corrected chi connectivity index (χ0v) is 9.84. The van der Waals surface area contributed by atoms with Gasteiger partial charge in [-0.1, -0.05) is 12.1 Å². The second-order valence-electron chi connectivity index (χ2n) is 2.35. The van der Waals surface area contributed by atoms with Gasteiger partial charge in [0, 0.05) is 41.6 Å². The highest BCUT2D eigenvalue weighted by Gasteiger charge is 1.97. The Bertz CT molecular complexity index is 225. The molecule has 0 saturated carbocycles. The van der Waals surface area contributed by atoms with E-state index in [-0.39, 0.29) is 23.1 Å². The van der Waals surface area contributed by atoms with Crippen LogP contribution >= 0.6 is 15.9 Å². The Morgan fingerprint density at radius 2 is 1.73 bits per heavy atom. The molecule has 0 fully saturated rings. The smallest absolute Gasteiger partial charge is 0.0505 e. The van der Waals surface area contributed by atoms with Crippen LogP contribution in [0.4, 0.5) is 5.69 Å². The van der Waals surface area contributed by atoms with Gasteiger partial charge in [-0.15, -0.1) is 0 Å². The fraction of sp³-hybridized carbons (Fsp3) is 0.250. The van der Waals surface area contributed by atoms with E-state index in [0.29, 0.717) is 0 Å². The minimum absolute atomic E-state index is 0. The SMILES string of the molecule is CN(C)c1ccccc1Br.[Mg]. The number of hydrogen-bond donors (Lipinski definition) is 0. The van der Waals surface area contributed by atoms with Crippen LogP contribution < -0.4 is 4.90 Å². The van der Waals surface area contributed by atoms with E-state index in [9.17, 15) is 0 Å². The molecule has 1 nitrogen and oxygen atoms in total. The van der Waals surface area contributed by atoms with Crippen molar-refractivity contribution < 1.29 is 0 Å². The first-order chi connectivity index (χ1) is 4.72. The van der Waals surface area contributed by atoms with Crippen LogP contribution in [0.15, 0.2) is 28.7 Å². The molecule has 0 atom stereocenters. The molecule has 0 aliphatic rings. The van der Waals surface area contributed by atoms with Gasteiger partial charge in [-0.3, -0.25) is 0 Å². The molecule has 0 bridgehead atoms. The standard InChI is InChI=1S/C8H10BrN.Mg/c1-10(2)8-6-4-3-5-7(8)9;/h3-6H,1-2H3;. The van der Waals surface area contributed by atoms with Gasteiger partial charge in [0.25, 0.3) is 0 Å². The summed E-state index contributed by atoms with van der Waals surface area (Å²) in [5, 5.41) is 0. The Balaban J connectivity index is 0.000001000. The van der Waals surface area contributed by atoms with Gasteiger partial charge in [-0.2, -0.15) is 0 Å². The molecular weight excluding hydrogens is 214 g/mol. The fourth-order valence-electron chi connectivity index (χ4n) is 0.814. The van der Waals surface area contributed by atoms with Gasteiger partial charge in [0.15, 0.2) is 0 Å². The molecule has 0 aliphatic carbocycles. The molecule has 0 spiro atoms. The average Bonchev–Trinajstić information content (AvgIpc) is 1.88. The van der Waals surface area contributed by atoms with Gasteiger partial charge in [-0.05, 0) is 28.1 Å². The summed E-state index contributed by atoms with van der Waals surface area (Å²) >= 11 is 3.46. The molecule has 1 aromatic carbocycles. The molecule has 1 aromatic rings. The van der Waals surface area contributed by atoms with Crippen molar-refractivity contribution in [2.45, 2.75) is 0 Å². The molecule has 56 valence electrons. The van der Waals surface area contributed by atoms with Crippen molar-refractivity contribution in [3.8, 4) is 0 Å². The zero-order chi connectivity index (χ0) is 7.56. The lowest BCUT2D eigenvalue weighted by molar-refractivity contribution is 1.12. The molecule has 0 N–H and O–H groups in total. The molecule has 3 heteroatoms. The Morgan fingerprint density at radius 1 is 1.18 bits per heavy atom. The summed E-state index contributed by atoms with van der Waals surface area (Å²) in [6.45, 7) is 0. The first kappa shape index (κ1) is 11.3. The quantitative estimate of drug-likeness (QED) is 0.661. The van der Waals surface area contributed by atoms with E-state index in [1.54, 1.807) is 0 Å². The lowest BCUT2D eigenvalue weighted by Crippen LogP contribution is -2.08. The number of hydrogen-bond acceptors (Lipinski definition) is 1. The molecular formula is C8H10BrMgN. The van der Waals surface area contributed by atoms with E-state index >= 15 is 0 Å². The topological polar surface area (TPSA) is 3.24 Å². The summed E-state index contributed by atoms with van der Waals surface area (Å²) in [6, 6.07) is 8.15. The number of halogens is 1. The molecule has 11 heavy (non-hydrogen) atoms. The summed E-state index contributed by atoms with van der Waals surface area (Å²) in [7, 11) is 4.06. The number of benzene rings is 1. The molecule has 0 saturated heterocycles. The van der Waals surface area contributed by atoms with E-state index in [4.69, 9.17) is 0 Å². The maximum absolute atomic E-state index is 3.46. The van der Waals surface area contributed by atoms with Crippen LogP contribution in [-0.4, -0.2) is 37.1 Å². The fourth-order valence-corrected chi connectivity index (χ4v) is 1.45. The lowest BCUT2D eigenvalue weighted by atomic mass is 10.3. The maximum atomic E-state index is 3.46. The van der Waals surface area contributed by atoms with E-state index in [0.717, 1.165) is 4.47 Å². The number of anilines is 1. The highest BCUT2D eigenvalue weighted by molar-refractivity contribution is 9.10. The molecule has 0 heterocycles. The van der Waals surface area contributed by atoms with E-state index in [2.05, 4.69) is 26.9 Å². The minimum Gasteiger partial charge on any atom is -0.377 e. The van der Waals surface area contributed by atoms with Crippen molar-refractivity contribution in [2.75, 3.05) is 19.0 Å². The normalized spacial score (nSPS) is 8.64. The third-order valence-corrected chi connectivity index (χ3v) is 2.00. The maximum Gasteiger partial charge on any atom is 0.0505 e. The Morgan fingerprint density at radius 3 is 2.09 bits per heavy atom. The molecule has 0 aromatic heterocycles. The van der Waals surface area contributed by atoms with E-state index < -0.39 is 0 Å². The first-order valence-electron chi connectivity index (χ1n) is 3.13. The Labute approximate surface area is 92.1 Å². The summed E-state index contributed by atoms with van der Waals surface area (Å²) < 4.78 is 1.14. The highest BCUT2D eigenvalue weighted by atomic mass is 79.9. The second kappa shape index (κ2) is 5.01. The van der Waals surface area contributed by atoms with Gasteiger partial charge in [0.05, 0.1) is 5.69 Å². The van der Waals surface area contributed by atoms with Crippen LogP contribution in [0.3, 0.4) is 0 Å². The van der Waals surface area contributed by atoms with Crippen LogP contribution in [0, 0.1) is 0 Å². The summed E-state index contributed by atoms with van der Waals surface area (Å²) in [5.74, 6) is 0. The average molecular weight is 224 g/mol. The van der Waals surface area contributed by atoms with Crippen molar-refractivity contribution in [1.29, 1.82) is 0 Å². The number of nitrogens with zero attached hydrogens (tertiary/aromatic N) is 1. The van der Waals surface area contributed by atoms with Crippen molar-refractivity contribution in [2.24, 2.45) is 0 Å². The monoisotopic (exact) mass is 223 g/mol. The van der Waals surface area contributed by atoms with Crippen LogP contribution in [0.1, 0.15) is 0 Å². The molecule has 0 aliphatic heterocycles. The van der Waals surface area contributed by atoms with Gasteiger partial charge >= 0.3 is 0 Å².